The molecule has 0 atom stereocenters. The molecule has 1 aromatic rings. The molecule has 1 rings (SSSR count). The van der Waals surface area contributed by atoms with Gasteiger partial charge in [-0.2, -0.15) is 5.26 Å². The van der Waals surface area contributed by atoms with Crippen molar-refractivity contribution in [3.05, 3.63) is 39.5 Å². The molecule has 2 nitrogen and oxygen atoms in total. The van der Waals surface area contributed by atoms with Crippen molar-refractivity contribution in [3.63, 3.8) is 0 Å². The molecule has 1 heterocycles. The molecule has 0 amide bonds. The van der Waals surface area contributed by atoms with Crippen LogP contribution >= 0.6 is 11.6 Å². The predicted octanol–water partition coefficient (Wildman–Crippen LogP) is 2.47. The first-order valence-corrected chi connectivity index (χ1v) is 5.61. The Bertz CT molecular complexity index is 597. The quantitative estimate of drug-likeness (QED) is 0.597. The van der Waals surface area contributed by atoms with Crippen LogP contribution in [0.4, 0.5) is 4.39 Å². The zero-order valence-corrected chi connectivity index (χ0v) is 10.4. The monoisotopic (exact) mass is 250 g/mol. The molecule has 0 aliphatic rings. The van der Waals surface area contributed by atoms with Gasteiger partial charge in [0.1, 0.15) is 16.6 Å². The molecular weight excluding hydrogens is 239 g/mol. The molecule has 0 unspecified atom stereocenters. The molecule has 4 heteroatoms. The average molecular weight is 251 g/mol. The van der Waals surface area contributed by atoms with E-state index in [1.54, 1.807) is 25.1 Å². The summed E-state index contributed by atoms with van der Waals surface area (Å²) >= 11 is 5.74. The van der Waals surface area contributed by atoms with Gasteiger partial charge in [-0.25, -0.2) is 9.37 Å². The summed E-state index contributed by atoms with van der Waals surface area (Å²) < 4.78 is 14.1. The third kappa shape index (κ3) is 3.15. The Kier molecular flexibility index (Phi) is 4.86. The van der Waals surface area contributed by atoms with E-state index in [0.717, 1.165) is 0 Å². The predicted molar refractivity (Wildman–Crippen MR) is 67.1 cm³/mol. The minimum absolute atomic E-state index is 0.00892. The number of halogens is 2. The van der Waals surface area contributed by atoms with Crippen LogP contribution in [0.5, 0.6) is 0 Å². The van der Waals surface area contributed by atoms with E-state index < -0.39 is 5.83 Å². The first kappa shape index (κ1) is 13.4. The van der Waals surface area contributed by atoms with Crippen molar-refractivity contribution in [2.45, 2.75) is 20.3 Å². The molecule has 0 saturated heterocycles. The van der Waals surface area contributed by atoms with Crippen LogP contribution in [-0.2, 0) is 0 Å². The fraction of sp³-hybridized carbons (Fsp3) is 0.231. The second-order valence-corrected chi connectivity index (χ2v) is 3.70. The van der Waals surface area contributed by atoms with E-state index in [4.69, 9.17) is 16.9 Å². The lowest BCUT2D eigenvalue weighted by molar-refractivity contribution is 0.745. The number of aromatic nitrogens is 1. The molecule has 0 saturated carbocycles. The van der Waals surface area contributed by atoms with Gasteiger partial charge in [0.15, 0.2) is 5.83 Å². The lowest BCUT2D eigenvalue weighted by Gasteiger charge is -1.96. The molecule has 0 aliphatic carbocycles. The highest BCUT2D eigenvalue weighted by Gasteiger charge is 2.06. The standard InChI is InChI=1S/C13H12ClFN2/c1-3-5-10(8-16)12(15)13-9(4-2)6-7-11(14)17-13/h4-7H,3H2,1-2H3/b9-4-,10-5+,13-12-. The number of hydrogen-bond acceptors (Lipinski definition) is 2. The van der Waals surface area contributed by atoms with Crippen LogP contribution in [-0.4, -0.2) is 4.98 Å². The SMILES string of the molecule is C/C=c1/ccc(Cl)n/c1=C(F)/C(C#N)=C/CC. The molecule has 0 bridgehead atoms. The van der Waals surface area contributed by atoms with Crippen molar-refractivity contribution in [2.24, 2.45) is 0 Å². The summed E-state index contributed by atoms with van der Waals surface area (Å²) in [6, 6.07) is 5.08. The summed E-state index contributed by atoms with van der Waals surface area (Å²) in [4.78, 5) is 3.93. The number of pyridine rings is 1. The van der Waals surface area contributed by atoms with Crippen molar-refractivity contribution >= 4 is 23.5 Å². The number of nitriles is 1. The summed E-state index contributed by atoms with van der Waals surface area (Å²) in [5, 5.41) is 9.80. The summed E-state index contributed by atoms with van der Waals surface area (Å²) in [7, 11) is 0. The molecule has 0 aliphatic heterocycles. The Morgan fingerprint density at radius 3 is 2.82 bits per heavy atom. The maximum absolute atomic E-state index is 14.1. The van der Waals surface area contributed by atoms with Crippen LogP contribution in [0.1, 0.15) is 20.3 Å². The van der Waals surface area contributed by atoms with Crippen LogP contribution in [0.15, 0.2) is 23.8 Å². The lowest BCUT2D eigenvalue weighted by atomic mass is 10.2. The van der Waals surface area contributed by atoms with E-state index >= 15 is 0 Å². The fourth-order valence-electron chi connectivity index (χ4n) is 1.37. The van der Waals surface area contributed by atoms with Gasteiger partial charge in [0.05, 0.1) is 5.57 Å². The lowest BCUT2D eigenvalue weighted by Crippen LogP contribution is -2.29. The number of nitrogens with zero attached hydrogens (tertiary/aromatic N) is 2. The first-order valence-electron chi connectivity index (χ1n) is 5.23. The van der Waals surface area contributed by atoms with E-state index in [9.17, 15) is 4.39 Å². The number of hydrogen-bond donors (Lipinski definition) is 0. The first-order chi connectivity index (χ1) is 8.13. The van der Waals surface area contributed by atoms with Crippen molar-refractivity contribution < 1.29 is 4.39 Å². The zero-order valence-electron chi connectivity index (χ0n) is 9.67. The van der Waals surface area contributed by atoms with Gasteiger partial charge < -0.3 is 0 Å². The van der Waals surface area contributed by atoms with Gasteiger partial charge in [-0.3, -0.25) is 0 Å². The summed E-state index contributed by atoms with van der Waals surface area (Å²) in [6.07, 6.45) is 3.83. The van der Waals surface area contributed by atoms with E-state index in [0.29, 0.717) is 11.6 Å². The van der Waals surface area contributed by atoms with Crippen LogP contribution in [0.25, 0.3) is 11.9 Å². The van der Waals surface area contributed by atoms with Gasteiger partial charge in [-0.1, -0.05) is 30.7 Å². The molecule has 0 radical (unpaired) electrons. The molecule has 17 heavy (non-hydrogen) atoms. The maximum Gasteiger partial charge on any atom is 0.166 e. The van der Waals surface area contributed by atoms with E-state index in [2.05, 4.69) is 4.98 Å². The minimum Gasteiger partial charge on any atom is -0.233 e. The van der Waals surface area contributed by atoms with Crippen LogP contribution in [0.2, 0.25) is 5.15 Å². The molecule has 1 aromatic heterocycles. The highest BCUT2D eigenvalue weighted by Crippen LogP contribution is 2.10. The maximum atomic E-state index is 14.1. The van der Waals surface area contributed by atoms with Crippen molar-refractivity contribution in [1.82, 2.24) is 4.98 Å². The van der Waals surface area contributed by atoms with Crippen LogP contribution in [0.3, 0.4) is 0 Å². The average Bonchev–Trinajstić information content (AvgIpc) is 2.35. The van der Waals surface area contributed by atoms with Gasteiger partial charge in [-0.15, -0.1) is 0 Å². The van der Waals surface area contributed by atoms with Gasteiger partial charge in [0.2, 0.25) is 0 Å². The topological polar surface area (TPSA) is 36.7 Å². The van der Waals surface area contributed by atoms with E-state index in [-0.39, 0.29) is 16.1 Å². The molecule has 0 fully saturated rings. The van der Waals surface area contributed by atoms with Gasteiger partial charge in [0, 0.05) is 0 Å². The number of rotatable bonds is 2. The Hall–Kier alpha value is -1.66. The van der Waals surface area contributed by atoms with Gasteiger partial charge in [-0.05, 0) is 30.7 Å². The van der Waals surface area contributed by atoms with Gasteiger partial charge >= 0.3 is 0 Å². The molecule has 0 aromatic carbocycles. The normalized spacial score (nSPS) is 14.5. The van der Waals surface area contributed by atoms with E-state index in [1.165, 1.54) is 6.08 Å². The molecule has 0 spiro atoms. The molecule has 88 valence electrons. The van der Waals surface area contributed by atoms with Crippen molar-refractivity contribution in [3.8, 4) is 6.07 Å². The summed E-state index contributed by atoms with van der Waals surface area (Å²) in [6.45, 7) is 3.61. The smallest absolute Gasteiger partial charge is 0.166 e. The van der Waals surface area contributed by atoms with E-state index in [1.807, 2.05) is 13.0 Å². The highest BCUT2D eigenvalue weighted by molar-refractivity contribution is 6.29. The third-order valence-electron chi connectivity index (χ3n) is 2.18. The Morgan fingerprint density at radius 1 is 1.59 bits per heavy atom. The Balaban J connectivity index is 3.66. The summed E-state index contributed by atoms with van der Waals surface area (Å²) in [5.74, 6) is -0.634. The van der Waals surface area contributed by atoms with Crippen LogP contribution in [0, 0.1) is 11.3 Å². The molecular formula is C13H12ClFN2. The molecule has 0 N–H and O–H groups in total. The minimum atomic E-state index is -0.634. The number of allylic oxidation sites excluding steroid dienone is 2. The summed E-state index contributed by atoms with van der Waals surface area (Å²) in [5.41, 5.74) is -0.00892. The van der Waals surface area contributed by atoms with Crippen LogP contribution < -0.4 is 10.6 Å². The van der Waals surface area contributed by atoms with Gasteiger partial charge in [0.25, 0.3) is 0 Å². The highest BCUT2D eigenvalue weighted by atomic mass is 35.5. The van der Waals surface area contributed by atoms with Crippen molar-refractivity contribution in [2.75, 3.05) is 0 Å². The Labute approximate surface area is 104 Å². The van der Waals surface area contributed by atoms with Crippen molar-refractivity contribution in [1.29, 1.82) is 5.26 Å². The zero-order chi connectivity index (χ0) is 12.8. The fourth-order valence-corrected chi connectivity index (χ4v) is 1.52. The second kappa shape index (κ2) is 6.17. The Morgan fingerprint density at radius 2 is 2.29 bits per heavy atom. The largest absolute Gasteiger partial charge is 0.233 e. The third-order valence-corrected chi connectivity index (χ3v) is 2.39. The second-order valence-electron chi connectivity index (χ2n) is 3.31.